The lowest BCUT2D eigenvalue weighted by molar-refractivity contribution is 0.326. The summed E-state index contributed by atoms with van der Waals surface area (Å²) in [5.41, 5.74) is 0. The number of nitrogens with zero attached hydrogens (tertiary/aromatic N) is 3. The number of halogens is 2. The van der Waals surface area contributed by atoms with E-state index in [0.29, 0.717) is 18.1 Å². The minimum absolute atomic E-state index is 0.0753. The molecule has 0 spiro atoms. The lowest BCUT2D eigenvalue weighted by Crippen LogP contribution is -2.35. The van der Waals surface area contributed by atoms with Gasteiger partial charge in [-0.2, -0.15) is 4.31 Å². The maximum absolute atomic E-state index is 13.0. The lowest BCUT2D eigenvalue weighted by Gasteiger charge is -2.24. The molecule has 1 rings (SSSR count). The Morgan fingerprint density at radius 2 is 1.38 bits per heavy atom. The van der Waals surface area contributed by atoms with Crippen LogP contribution in [0, 0.1) is 0 Å². The molecule has 0 N–H and O–H groups in total. The van der Waals surface area contributed by atoms with Crippen LogP contribution in [-0.2, 0) is 10.0 Å². The lowest BCUT2D eigenvalue weighted by atomic mass is 10.3. The topological polar surface area (TPSA) is 43.9 Å². The van der Waals surface area contributed by atoms with Crippen molar-refractivity contribution in [2.24, 2.45) is 0 Å². The summed E-state index contributed by atoms with van der Waals surface area (Å²) in [6.45, 7) is 2.56. The van der Waals surface area contributed by atoms with Gasteiger partial charge in [-0.15, -0.1) is 0 Å². The van der Waals surface area contributed by atoms with Crippen LogP contribution in [0.15, 0.2) is 23.1 Å². The molecule has 1 aromatic carbocycles. The number of hydrogen-bond donors (Lipinski definition) is 0. The van der Waals surface area contributed by atoms with Crippen molar-refractivity contribution in [2.45, 2.75) is 17.7 Å². The van der Waals surface area contributed by atoms with E-state index < -0.39 is 10.0 Å². The normalized spacial score (nSPS) is 12.5. The smallest absolute Gasteiger partial charge is 0.244 e. The number of benzene rings is 1. The number of sulfonamides is 1. The molecule has 0 fully saturated rings. The third-order valence-electron chi connectivity index (χ3n) is 3.54. The zero-order valence-corrected chi connectivity index (χ0v) is 17.1. The molecule has 0 aliphatic carbocycles. The highest BCUT2D eigenvalue weighted by Gasteiger charge is 2.26. The molecular weight excluding hydrogens is 369 g/mol. The second kappa shape index (κ2) is 9.94. The van der Waals surface area contributed by atoms with Crippen LogP contribution in [0.2, 0.25) is 10.0 Å². The molecule has 0 amide bonds. The van der Waals surface area contributed by atoms with E-state index in [1.54, 1.807) is 6.07 Å². The van der Waals surface area contributed by atoms with Crippen LogP contribution < -0.4 is 0 Å². The summed E-state index contributed by atoms with van der Waals surface area (Å²) in [6, 6.07) is 4.53. The maximum Gasteiger partial charge on any atom is 0.244 e. The van der Waals surface area contributed by atoms with Crippen molar-refractivity contribution >= 4 is 33.2 Å². The Bertz CT molecular complexity index is 608. The van der Waals surface area contributed by atoms with Gasteiger partial charge >= 0.3 is 0 Å². The molecule has 1 aromatic rings. The molecule has 0 bridgehead atoms. The van der Waals surface area contributed by atoms with E-state index in [1.165, 1.54) is 16.4 Å². The van der Waals surface area contributed by atoms with E-state index in [9.17, 15) is 8.42 Å². The summed E-state index contributed by atoms with van der Waals surface area (Å²) in [7, 11) is 4.21. The van der Waals surface area contributed by atoms with Gasteiger partial charge in [-0.3, -0.25) is 0 Å². The molecule has 0 radical (unpaired) electrons. The fraction of sp³-hybridized carbons (Fsp3) is 0.625. The van der Waals surface area contributed by atoms with Gasteiger partial charge < -0.3 is 9.80 Å². The van der Waals surface area contributed by atoms with Crippen LogP contribution in [0.3, 0.4) is 0 Å². The van der Waals surface area contributed by atoms with Crippen molar-refractivity contribution in [1.82, 2.24) is 14.1 Å². The van der Waals surface area contributed by atoms with Crippen molar-refractivity contribution in [3.05, 3.63) is 28.2 Å². The molecule has 0 aliphatic rings. The van der Waals surface area contributed by atoms with Gasteiger partial charge in [-0.25, -0.2) is 8.42 Å². The first-order valence-electron chi connectivity index (χ1n) is 7.89. The van der Waals surface area contributed by atoms with Crippen molar-refractivity contribution in [3.63, 3.8) is 0 Å². The van der Waals surface area contributed by atoms with Crippen molar-refractivity contribution in [1.29, 1.82) is 0 Å². The van der Waals surface area contributed by atoms with Gasteiger partial charge in [-0.1, -0.05) is 23.2 Å². The first-order valence-corrected chi connectivity index (χ1v) is 10.1. The van der Waals surface area contributed by atoms with E-state index in [1.807, 2.05) is 38.0 Å². The van der Waals surface area contributed by atoms with Crippen molar-refractivity contribution < 1.29 is 8.42 Å². The summed E-state index contributed by atoms with van der Waals surface area (Å²) in [5.74, 6) is 0. The van der Waals surface area contributed by atoms with E-state index in [0.717, 1.165) is 25.9 Å². The Morgan fingerprint density at radius 3 is 1.83 bits per heavy atom. The maximum atomic E-state index is 13.0. The van der Waals surface area contributed by atoms with E-state index in [-0.39, 0.29) is 9.92 Å². The molecule has 138 valence electrons. The van der Waals surface area contributed by atoms with Gasteiger partial charge in [0, 0.05) is 18.1 Å². The van der Waals surface area contributed by atoms with Gasteiger partial charge in [0.1, 0.15) is 4.90 Å². The zero-order chi connectivity index (χ0) is 18.3. The third-order valence-corrected chi connectivity index (χ3v) is 6.15. The van der Waals surface area contributed by atoms with Crippen LogP contribution in [0.25, 0.3) is 0 Å². The molecule has 5 nitrogen and oxygen atoms in total. The Hall–Kier alpha value is -0.370. The fourth-order valence-corrected chi connectivity index (χ4v) is 4.55. The standard InChI is InChI=1S/C16H27Cl2N3O2S/c1-19(2)9-5-11-21(12-6-10-20(3)4)24(22,23)16-13-14(17)7-8-15(16)18/h7-8,13H,5-6,9-12H2,1-4H3. The molecule has 0 heterocycles. The van der Waals surface area contributed by atoms with Gasteiger partial charge in [0.05, 0.1) is 5.02 Å². The fourth-order valence-electron chi connectivity index (χ4n) is 2.29. The van der Waals surface area contributed by atoms with Crippen molar-refractivity contribution in [3.8, 4) is 0 Å². The Labute approximate surface area is 156 Å². The van der Waals surface area contributed by atoms with Crippen LogP contribution in [0.4, 0.5) is 0 Å². The highest BCUT2D eigenvalue weighted by molar-refractivity contribution is 7.89. The number of rotatable bonds is 10. The molecule has 0 aromatic heterocycles. The van der Waals surface area contributed by atoms with Crippen LogP contribution in [-0.4, -0.2) is 76.9 Å². The van der Waals surface area contributed by atoms with E-state index in [2.05, 4.69) is 0 Å². The molecule has 0 atom stereocenters. The van der Waals surface area contributed by atoms with Crippen molar-refractivity contribution in [2.75, 3.05) is 54.4 Å². The van der Waals surface area contributed by atoms with Gasteiger partial charge in [0.15, 0.2) is 0 Å². The molecule has 0 unspecified atom stereocenters. The SMILES string of the molecule is CN(C)CCCN(CCCN(C)C)S(=O)(=O)c1cc(Cl)ccc1Cl. The Balaban J connectivity index is 2.98. The summed E-state index contributed by atoms with van der Waals surface area (Å²) in [5, 5.41) is 0.559. The largest absolute Gasteiger partial charge is 0.309 e. The third kappa shape index (κ3) is 6.86. The zero-order valence-electron chi connectivity index (χ0n) is 14.8. The Morgan fingerprint density at radius 1 is 0.875 bits per heavy atom. The molecule has 8 heteroatoms. The second-order valence-corrected chi connectivity index (χ2v) is 9.04. The predicted molar refractivity (Wildman–Crippen MR) is 102 cm³/mol. The molecular formula is C16H27Cl2N3O2S. The Kier molecular flexibility index (Phi) is 8.98. The first-order chi connectivity index (χ1) is 11.1. The minimum Gasteiger partial charge on any atom is -0.309 e. The van der Waals surface area contributed by atoms with Crippen LogP contribution >= 0.6 is 23.2 Å². The molecule has 24 heavy (non-hydrogen) atoms. The number of hydrogen-bond acceptors (Lipinski definition) is 4. The predicted octanol–water partition coefficient (Wildman–Crippen LogP) is 2.89. The van der Waals surface area contributed by atoms with E-state index in [4.69, 9.17) is 23.2 Å². The van der Waals surface area contributed by atoms with Gasteiger partial charge in [-0.05, 0) is 72.3 Å². The van der Waals surface area contributed by atoms with E-state index >= 15 is 0 Å². The van der Waals surface area contributed by atoms with Crippen LogP contribution in [0.5, 0.6) is 0 Å². The highest BCUT2D eigenvalue weighted by Crippen LogP contribution is 2.28. The summed E-state index contributed by atoms with van der Waals surface area (Å²) in [4.78, 5) is 4.15. The summed E-state index contributed by atoms with van der Waals surface area (Å²) >= 11 is 12.1. The average Bonchev–Trinajstić information content (AvgIpc) is 2.47. The van der Waals surface area contributed by atoms with Gasteiger partial charge in [0.25, 0.3) is 0 Å². The summed E-state index contributed by atoms with van der Waals surface area (Å²) in [6.07, 6.45) is 1.51. The molecule has 0 saturated heterocycles. The molecule has 0 saturated carbocycles. The first kappa shape index (κ1) is 21.7. The summed E-state index contributed by atoms with van der Waals surface area (Å²) < 4.78 is 27.5. The molecule has 0 aliphatic heterocycles. The monoisotopic (exact) mass is 395 g/mol. The van der Waals surface area contributed by atoms with Crippen LogP contribution in [0.1, 0.15) is 12.8 Å². The highest BCUT2D eigenvalue weighted by atomic mass is 35.5. The van der Waals surface area contributed by atoms with Gasteiger partial charge in [0.2, 0.25) is 10.0 Å². The quantitative estimate of drug-likeness (QED) is 0.610. The minimum atomic E-state index is -3.67. The second-order valence-electron chi connectivity index (χ2n) is 6.29. The average molecular weight is 396 g/mol.